The molecule has 0 amide bonds. The van der Waals surface area contributed by atoms with Gasteiger partial charge in [0.05, 0.1) is 31.1 Å². The molecule has 2 N–H and O–H groups in total. The molecule has 7 nitrogen and oxygen atoms in total. The van der Waals surface area contributed by atoms with Gasteiger partial charge in [-0.2, -0.15) is 0 Å². The monoisotopic (exact) mass is 521 g/mol. The van der Waals surface area contributed by atoms with E-state index < -0.39 is 0 Å². The molecule has 0 saturated carbocycles. The van der Waals surface area contributed by atoms with Crippen molar-refractivity contribution >= 4 is 11.5 Å². The molecule has 3 aliphatic rings. The van der Waals surface area contributed by atoms with Crippen molar-refractivity contribution in [1.29, 1.82) is 0 Å². The van der Waals surface area contributed by atoms with Gasteiger partial charge in [0.1, 0.15) is 17.2 Å². The third-order valence-corrected chi connectivity index (χ3v) is 7.95. The van der Waals surface area contributed by atoms with E-state index in [0.29, 0.717) is 48.1 Å². The Hall–Kier alpha value is -2.77. The number of ether oxygens (including phenoxy) is 3. The van der Waals surface area contributed by atoms with Gasteiger partial charge >= 0.3 is 0 Å². The van der Waals surface area contributed by atoms with Crippen molar-refractivity contribution in [2.24, 2.45) is 0 Å². The number of carbonyl (C=O) groups excluding carboxylic acids is 1. The number of nitrogens with two attached hydrogens (primary N) is 1. The molecule has 7 heteroatoms. The molecule has 38 heavy (non-hydrogen) atoms. The lowest BCUT2D eigenvalue weighted by atomic mass is 10.0. The Morgan fingerprint density at radius 1 is 0.737 bits per heavy atom. The maximum Gasteiger partial charge on any atom is 0.196 e. The Kier molecular flexibility index (Phi) is 9.07. The number of benzene rings is 2. The SMILES string of the molecule is CCCCOc1cc(OCCCN2CCCC2)c(N)c2c1-c1c(OCCCN3CCCC3)cccc1C2=O. The van der Waals surface area contributed by atoms with Gasteiger partial charge in [-0.1, -0.05) is 25.5 Å². The number of hydrogen-bond donors (Lipinski definition) is 1. The van der Waals surface area contributed by atoms with Crippen LogP contribution >= 0.6 is 0 Å². The molecule has 0 unspecified atom stereocenters. The summed E-state index contributed by atoms with van der Waals surface area (Å²) in [6, 6.07) is 7.58. The molecule has 2 heterocycles. The van der Waals surface area contributed by atoms with E-state index in [9.17, 15) is 4.79 Å². The van der Waals surface area contributed by atoms with Crippen molar-refractivity contribution in [3.8, 4) is 28.4 Å². The quantitative estimate of drug-likeness (QED) is 0.225. The average Bonchev–Trinajstić information content (AvgIpc) is 3.69. The zero-order valence-electron chi connectivity index (χ0n) is 22.9. The minimum absolute atomic E-state index is 0.0853. The molecule has 2 aromatic carbocycles. The predicted molar refractivity (Wildman–Crippen MR) is 152 cm³/mol. The lowest BCUT2D eigenvalue weighted by Gasteiger charge is -2.19. The smallest absolute Gasteiger partial charge is 0.196 e. The second-order valence-electron chi connectivity index (χ2n) is 10.7. The molecule has 1 aliphatic carbocycles. The minimum atomic E-state index is -0.0853. The van der Waals surface area contributed by atoms with Crippen molar-refractivity contribution in [1.82, 2.24) is 9.80 Å². The van der Waals surface area contributed by atoms with Crippen LogP contribution in [0, 0.1) is 0 Å². The number of unbranched alkanes of at least 4 members (excludes halogenated alkanes) is 1. The van der Waals surface area contributed by atoms with E-state index in [-0.39, 0.29) is 5.78 Å². The summed E-state index contributed by atoms with van der Waals surface area (Å²) >= 11 is 0. The van der Waals surface area contributed by atoms with Gasteiger partial charge in [0.25, 0.3) is 0 Å². The summed E-state index contributed by atoms with van der Waals surface area (Å²) in [6.45, 7) is 10.7. The van der Waals surface area contributed by atoms with Crippen LogP contribution in [0.4, 0.5) is 5.69 Å². The van der Waals surface area contributed by atoms with Gasteiger partial charge in [0.15, 0.2) is 5.78 Å². The number of ketones is 1. The molecular weight excluding hydrogens is 478 g/mol. The topological polar surface area (TPSA) is 77.3 Å². The largest absolute Gasteiger partial charge is 0.493 e. The van der Waals surface area contributed by atoms with Crippen LogP contribution < -0.4 is 19.9 Å². The Morgan fingerprint density at radius 3 is 1.95 bits per heavy atom. The molecule has 2 fully saturated rings. The fourth-order valence-electron chi connectivity index (χ4n) is 5.88. The maximum absolute atomic E-state index is 13.6. The van der Waals surface area contributed by atoms with Crippen molar-refractivity contribution in [2.75, 3.05) is 64.8 Å². The number of carbonyl (C=O) groups is 1. The molecule has 2 aliphatic heterocycles. The van der Waals surface area contributed by atoms with Crippen LogP contribution in [0.2, 0.25) is 0 Å². The van der Waals surface area contributed by atoms with Crippen LogP contribution in [0.1, 0.15) is 74.2 Å². The van der Waals surface area contributed by atoms with E-state index in [1.54, 1.807) is 0 Å². The fraction of sp³-hybridized carbons (Fsp3) is 0.581. The Balaban J connectivity index is 1.36. The number of hydrogen-bond acceptors (Lipinski definition) is 7. The number of nitrogens with zero attached hydrogens (tertiary/aromatic N) is 2. The molecule has 2 saturated heterocycles. The number of likely N-dealkylation sites (tertiary alicyclic amines) is 2. The molecule has 2 aromatic rings. The molecule has 206 valence electrons. The van der Waals surface area contributed by atoms with E-state index in [0.717, 1.165) is 55.6 Å². The van der Waals surface area contributed by atoms with Gasteiger partial charge in [-0.3, -0.25) is 4.79 Å². The van der Waals surface area contributed by atoms with Gasteiger partial charge in [-0.15, -0.1) is 0 Å². The summed E-state index contributed by atoms with van der Waals surface area (Å²) in [5, 5.41) is 0. The van der Waals surface area contributed by atoms with Gasteiger partial charge < -0.3 is 29.7 Å². The van der Waals surface area contributed by atoms with E-state index in [1.807, 2.05) is 24.3 Å². The first-order valence-corrected chi connectivity index (χ1v) is 14.6. The van der Waals surface area contributed by atoms with E-state index in [1.165, 1.54) is 51.9 Å². The molecule has 0 radical (unpaired) electrons. The van der Waals surface area contributed by atoms with Crippen LogP contribution in [0.25, 0.3) is 11.1 Å². The fourth-order valence-corrected chi connectivity index (χ4v) is 5.88. The molecule has 0 bridgehead atoms. The second-order valence-corrected chi connectivity index (χ2v) is 10.7. The first-order chi connectivity index (χ1) is 18.7. The number of fused-ring (bicyclic) bond motifs is 3. The summed E-state index contributed by atoms with van der Waals surface area (Å²) in [7, 11) is 0. The normalized spacial score (nSPS) is 17.1. The predicted octanol–water partition coefficient (Wildman–Crippen LogP) is 5.39. The summed E-state index contributed by atoms with van der Waals surface area (Å²) in [4.78, 5) is 18.6. The van der Waals surface area contributed by atoms with E-state index >= 15 is 0 Å². The first-order valence-electron chi connectivity index (χ1n) is 14.6. The standard InChI is InChI=1S/C31H43N3O4/c1-2-3-19-37-25-22-26(38-21-10-18-34-15-6-7-16-34)30(32)29-28(25)27-23(31(29)35)11-8-12-24(27)36-20-9-17-33-13-4-5-14-33/h8,11-12,22H,2-7,9-10,13-21,32H2,1H3. The maximum atomic E-state index is 13.6. The number of rotatable bonds is 14. The Morgan fingerprint density at radius 2 is 1.32 bits per heavy atom. The van der Waals surface area contributed by atoms with Gasteiger partial charge in [0.2, 0.25) is 0 Å². The third-order valence-electron chi connectivity index (χ3n) is 7.95. The summed E-state index contributed by atoms with van der Waals surface area (Å²) in [5.41, 5.74) is 9.66. The lowest BCUT2D eigenvalue weighted by Crippen LogP contribution is -2.22. The zero-order chi connectivity index (χ0) is 26.3. The first kappa shape index (κ1) is 26.8. The van der Waals surface area contributed by atoms with E-state index in [2.05, 4.69) is 16.7 Å². The third kappa shape index (κ3) is 5.94. The Bertz CT molecular complexity index is 1110. The van der Waals surface area contributed by atoms with Crippen LogP contribution in [0.3, 0.4) is 0 Å². The number of anilines is 1. The highest BCUT2D eigenvalue weighted by molar-refractivity contribution is 6.26. The van der Waals surface area contributed by atoms with Crippen molar-refractivity contribution in [3.05, 3.63) is 35.4 Å². The highest BCUT2D eigenvalue weighted by atomic mass is 16.5. The van der Waals surface area contributed by atoms with Crippen molar-refractivity contribution in [3.63, 3.8) is 0 Å². The summed E-state index contributed by atoms with van der Waals surface area (Å²) in [5.74, 6) is 1.82. The van der Waals surface area contributed by atoms with Crippen LogP contribution in [-0.4, -0.2) is 74.7 Å². The minimum Gasteiger partial charge on any atom is -0.493 e. The number of nitrogen functional groups attached to an aromatic ring is 1. The molecule has 5 rings (SSSR count). The van der Waals surface area contributed by atoms with E-state index in [4.69, 9.17) is 19.9 Å². The van der Waals surface area contributed by atoms with Crippen molar-refractivity contribution in [2.45, 2.75) is 58.3 Å². The summed E-state index contributed by atoms with van der Waals surface area (Å²) < 4.78 is 18.7. The molecule has 0 aromatic heterocycles. The molecule has 0 atom stereocenters. The Labute approximate surface area is 227 Å². The molecular formula is C31H43N3O4. The van der Waals surface area contributed by atoms with Gasteiger partial charge in [-0.25, -0.2) is 0 Å². The molecule has 0 spiro atoms. The van der Waals surface area contributed by atoms with Gasteiger partial charge in [0, 0.05) is 35.8 Å². The van der Waals surface area contributed by atoms with Crippen LogP contribution in [0.5, 0.6) is 17.2 Å². The lowest BCUT2D eigenvalue weighted by molar-refractivity contribution is 0.104. The highest BCUT2D eigenvalue weighted by Gasteiger charge is 2.36. The van der Waals surface area contributed by atoms with Crippen LogP contribution in [0.15, 0.2) is 24.3 Å². The second kappa shape index (κ2) is 12.9. The average molecular weight is 522 g/mol. The highest BCUT2D eigenvalue weighted by Crippen LogP contribution is 2.52. The zero-order valence-corrected chi connectivity index (χ0v) is 22.9. The van der Waals surface area contributed by atoms with Crippen LogP contribution in [-0.2, 0) is 0 Å². The van der Waals surface area contributed by atoms with Gasteiger partial charge in [-0.05, 0) is 77.2 Å². The van der Waals surface area contributed by atoms with Crippen molar-refractivity contribution < 1.29 is 19.0 Å². The summed E-state index contributed by atoms with van der Waals surface area (Å²) in [6.07, 6.45) is 8.98.